The fourth-order valence-electron chi connectivity index (χ4n) is 13.3. The van der Waals surface area contributed by atoms with E-state index in [1.54, 1.807) is 76.2 Å². The van der Waals surface area contributed by atoms with Crippen molar-refractivity contribution in [2.24, 2.45) is 13.0 Å². The van der Waals surface area contributed by atoms with E-state index in [9.17, 15) is 49.7 Å². The van der Waals surface area contributed by atoms with Crippen LogP contribution < -0.4 is 25.0 Å². The summed E-state index contributed by atoms with van der Waals surface area (Å²) < 4.78 is 196. The van der Waals surface area contributed by atoms with Gasteiger partial charge in [0.15, 0.2) is 11.6 Å². The molecule has 8 aromatic rings. The van der Waals surface area contributed by atoms with Crippen LogP contribution in [0, 0.1) is 24.5 Å². The molecule has 4 atom stereocenters. The van der Waals surface area contributed by atoms with Crippen molar-refractivity contribution in [1.29, 1.82) is 0 Å². The topological polar surface area (TPSA) is 306 Å². The molecule has 0 radical (unpaired) electrons. The number of anilines is 1. The molecule has 2 aliphatic carbocycles. The van der Waals surface area contributed by atoms with E-state index < -0.39 is 203 Å². The van der Waals surface area contributed by atoms with Crippen molar-refractivity contribution in [2.45, 2.75) is 194 Å². The largest absolute Gasteiger partial charge is 0.530 e. The third kappa shape index (κ3) is 17.9. The van der Waals surface area contributed by atoms with Crippen LogP contribution in [0.3, 0.4) is 0 Å². The van der Waals surface area contributed by atoms with Crippen LogP contribution in [-0.4, -0.2) is 113 Å². The zero-order valence-corrected chi connectivity index (χ0v) is 63.8. The molecule has 0 spiro atoms. The summed E-state index contributed by atoms with van der Waals surface area (Å²) in [5, 5.41) is 12.5. The van der Waals surface area contributed by atoms with E-state index in [1.165, 1.54) is 63.4 Å². The van der Waals surface area contributed by atoms with Crippen LogP contribution in [0.4, 0.5) is 40.9 Å². The van der Waals surface area contributed by atoms with Crippen LogP contribution >= 0.6 is 19.4 Å². The summed E-state index contributed by atoms with van der Waals surface area (Å²) in [7, 11) is -8.37. The van der Waals surface area contributed by atoms with Gasteiger partial charge in [-0.3, -0.25) is 47.0 Å². The highest BCUT2D eigenvalue weighted by atomic mass is 35.5. The minimum Gasteiger partial charge on any atom is -0.460 e. The van der Waals surface area contributed by atoms with Gasteiger partial charge in [-0.25, -0.2) is 59.1 Å². The summed E-state index contributed by atoms with van der Waals surface area (Å²) in [4.78, 5) is 101. The van der Waals surface area contributed by atoms with Crippen molar-refractivity contribution >= 4 is 86.7 Å². The summed E-state index contributed by atoms with van der Waals surface area (Å²) in [6.45, 7) is 19.0. The molecular weight excluding hydrogens is 1490 g/mol. The van der Waals surface area contributed by atoms with Crippen molar-refractivity contribution in [3.8, 4) is 22.8 Å². The zero-order valence-electron chi connectivity index (χ0n) is 61.3. The summed E-state index contributed by atoms with van der Waals surface area (Å²) in [6.07, 6.45) is -9.38. The van der Waals surface area contributed by atoms with Gasteiger partial charge >= 0.3 is 19.8 Å². The van der Waals surface area contributed by atoms with Crippen LogP contribution in [0.15, 0.2) is 77.7 Å². The molecule has 108 heavy (non-hydrogen) atoms. The third-order valence-corrected chi connectivity index (χ3v) is 20.2. The average molecular weight is 1570 g/mol. The van der Waals surface area contributed by atoms with Gasteiger partial charge in [-0.2, -0.15) is 23.3 Å². The Labute approximate surface area is 620 Å². The number of sulfonamides is 1. The van der Waals surface area contributed by atoms with Gasteiger partial charge in [-0.05, 0) is 154 Å². The van der Waals surface area contributed by atoms with Crippen molar-refractivity contribution in [3.05, 3.63) is 151 Å². The minimum atomic E-state index is -4.94. The second-order valence-corrected chi connectivity index (χ2v) is 33.4. The Morgan fingerprint density at radius 2 is 1.47 bits per heavy atom. The highest BCUT2D eigenvalue weighted by Crippen LogP contribution is 2.68. The fourth-order valence-corrected chi connectivity index (χ4v) is 15.9. The number of hydrogen-bond donors (Lipinski definition) is 2. The molecule has 0 aliphatic heterocycles. The van der Waals surface area contributed by atoms with Gasteiger partial charge in [0.05, 0.1) is 69.9 Å². The lowest BCUT2D eigenvalue weighted by atomic mass is 9.77. The summed E-state index contributed by atoms with van der Waals surface area (Å²) in [6, 6.07) is 8.76. The predicted molar refractivity (Wildman–Crippen MR) is 379 cm³/mol. The number of phosphoric acid groups is 1. The van der Waals surface area contributed by atoms with Crippen LogP contribution in [0.25, 0.3) is 38.9 Å². The standard InChI is InChI=1S/C72H79ClF8N11O14PS/c1-34(2)104-107(99,105-35(3)4)106-51-23-36(5)22-39(28-52(93)84-49(68(98)103-70(9,10)11)31-55(96)102-69(6,7)8)58(51)71(12,13)32-54(95)92(108(15,100)101)66-57-45(73)18-19-50(60(57)89(14)88-66)91-65(86-47-27-38(16-17-42(47)67(91)97)64-82-21-20-46(85-64)62(76)77)48(26-37-24-40(74)29-41(75)25-37)83-53(94)33-90-61-56(59(87-90)63(78)79)43-30-44(43)72(61,80)81/h16-25,27,29,34-35,43-44,48-49,62-63H,26,28,30-33H2,1-15H3,(H,83,94)(H,84,93)/t43-,44+,48-,49-/m0/s1. The van der Waals surface area contributed by atoms with E-state index >= 15 is 27.2 Å². The number of phosphoric ester groups is 1. The molecule has 3 amide bonds. The number of halogens is 9. The molecule has 25 nitrogen and oxygen atoms in total. The summed E-state index contributed by atoms with van der Waals surface area (Å²) in [5.74, 6) is -15.4. The van der Waals surface area contributed by atoms with Gasteiger partial charge in [-0.15, -0.1) is 0 Å². The number of nitrogens with one attached hydrogen (secondary N) is 2. The Bertz CT molecular complexity index is 5120. The quantitative estimate of drug-likeness (QED) is 0.0274. The first-order valence-corrected chi connectivity index (χ1v) is 37.6. The molecule has 0 saturated heterocycles. The predicted octanol–water partition coefficient (Wildman–Crippen LogP) is 13.4. The maximum atomic E-state index is 16.0. The normalized spacial score (nSPS) is 15.7. The number of carbonyl (C=O) groups is 5. The van der Waals surface area contributed by atoms with Crippen LogP contribution in [0.5, 0.6) is 5.75 Å². The summed E-state index contributed by atoms with van der Waals surface area (Å²) >= 11 is 7.12. The molecule has 4 aromatic carbocycles. The molecule has 580 valence electrons. The number of aromatic nitrogens is 8. The molecule has 10 rings (SSSR count). The van der Waals surface area contributed by atoms with Gasteiger partial charge in [-0.1, -0.05) is 37.6 Å². The smallest absolute Gasteiger partial charge is 0.460 e. The lowest BCUT2D eigenvalue weighted by Crippen LogP contribution is -2.46. The Balaban J connectivity index is 1.13. The maximum Gasteiger partial charge on any atom is 0.530 e. The number of ether oxygens (including phenoxy) is 2. The van der Waals surface area contributed by atoms with Gasteiger partial charge in [0.1, 0.15) is 64.1 Å². The lowest BCUT2D eigenvalue weighted by molar-refractivity contribution is -0.165. The third-order valence-electron chi connectivity index (χ3n) is 17.1. The molecule has 4 aromatic heterocycles. The number of aryl methyl sites for hydroxylation is 2. The maximum absolute atomic E-state index is 16.0. The Morgan fingerprint density at radius 1 is 0.824 bits per heavy atom. The average Bonchev–Trinajstić information content (AvgIpc) is 1.52. The first-order valence-electron chi connectivity index (χ1n) is 34.0. The van der Waals surface area contributed by atoms with Gasteiger partial charge in [0.2, 0.25) is 27.7 Å². The lowest BCUT2D eigenvalue weighted by Gasteiger charge is -2.33. The van der Waals surface area contributed by atoms with Crippen molar-refractivity contribution < 1.29 is 95.1 Å². The van der Waals surface area contributed by atoms with E-state index in [0.29, 0.717) is 26.9 Å². The number of carbonyl (C=O) groups excluding carboxylic acids is 5. The van der Waals surface area contributed by atoms with Crippen LogP contribution in [0.1, 0.15) is 178 Å². The molecular formula is C72H79ClF8N11O14PS. The van der Waals surface area contributed by atoms with Gasteiger partial charge in [0, 0.05) is 60.2 Å². The number of benzene rings is 4. The number of alkyl halides is 6. The molecule has 36 heteroatoms. The first-order chi connectivity index (χ1) is 50.0. The Kier molecular flexibility index (Phi) is 22.8. The van der Waals surface area contributed by atoms with Crippen molar-refractivity contribution in [3.63, 3.8) is 0 Å². The van der Waals surface area contributed by atoms with Crippen LogP contribution in [0.2, 0.25) is 5.02 Å². The number of nitrogens with zero attached hydrogens (tertiary/aromatic N) is 9. The monoisotopic (exact) mass is 1570 g/mol. The van der Waals surface area contributed by atoms with Crippen molar-refractivity contribution in [1.82, 2.24) is 49.7 Å². The molecule has 0 bridgehead atoms. The molecule has 4 heterocycles. The fraction of sp³-hybridized carbons (Fsp3) is 0.458. The number of amides is 3. The molecule has 2 N–H and O–H groups in total. The number of rotatable bonds is 27. The molecule has 0 unspecified atom stereocenters. The second kappa shape index (κ2) is 30.3. The first kappa shape index (κ1) is 81.3. The molecule has 2 aliphatic rings. The van der Waals surface area contributed by atoms with Gasteiger partial charge in [0.25, 0.3) is 24.3 Å². The van der Waals surface area contributed by atoms with Crippen LogP contribution in [-0.2, 0) is 94.9 Å². The van der Waals surface area contributed by atoms with E-state index in [-0.39, 0.29) is 72.8 Å². The zero-order chi connectivity index (χ0) is 79.7. The Hall–Kier alpha value is -9.24. The molecule has 1 saturated carbocycles. The second-order valence-electron chi connectivity index (χ2n) is 29.7. The Morgan fingerprint density at radius 3 is 2.07 bits per heavy atom. The SMILES string of the molecule is Cc1cc(CC(=O)N[C@@H](CC(=O)OC(C)(C)C)C(=O)OC(C)(C)C)c(C(C)(C)CC(=O)N(c2nn(C)c3c(-n4c([C@H](Cc5cc(F)cc(F)c5)NC(=O)Cn5nc(C(F)F)c6c5C(F)(F)[C@@H]5C[C@H]65)nc5cc(-c6nccc(C(F)F)n6)ccc5c4=O)ccc(Cl)c23)S(C)(=O)=O)c(OP(=O)(OC(C)C)OC(C)C)c1. The van der Waals surface area contributed by atoms with E-state index in [1.807, 2.05) is 0 Å². The van der Waals surface area contributed by atoms with E-state index in [4.69, 9.17) is 39.6 Å². The van der Waals surface area contributed by atoms with E-state index in [2.05, 4.69) is 30.8 Å². The minimum absolute atomic E-state index is 0.00214. The highest BCUT2D eigenvalue weighted by molar-refractivity contribution is 7.92. The molecule has 1 fully saturated rings. The van der Waals surface area contributed by atoms with E-state index in [0.717, 1.165) is 33.6 Å². The number of hydrogen-bond acceptors (Lipinski definition) is 19. The number of esters is 2. The number of fused-ring (bicyclic) bond motifs is 5. The van der Waals surface area contributed by atoms with Gasteiger partial charge < -0.3 is 24.6 Å². The van der Waals surface area contributed by atoms with Crippen molar-refractivity contribution in [2.75, 3.05) is 10.6 Å². The highest BCUT2D eigenvalue weighted by Gasteiger charge is 2.67. The summed E-state index contributed by atoms with van der Waals surface area (Å²) in [5.41, 5.74) is -8.66.